The molecule has 17 heavy (non-hydrogen) atoms. The van der Waals surface area contributed by atoms with Gasteiger partial charge in [0, 0.05) is 25.7 Å². The van der Waals surface area contributed by atoms with Crippen molar-refractivity contribution in [2.75, 3.05) is 18.4 Å². The van der Waals surface area contributed by atoms with E-state index in [2.05, 4.69) is 10.4 Å². The molecule has 1 aromatic rings. The maximum Gasteiger partial charge on any atom is 0.268 e. The fraction of sp³-hybridized carbons (Fsp3) is 0.667. The molecule has 2 rings (SSSR count). The lowest BCUT2D eigenvalue weighted by atomic mass is 10.1. The highest BCUT2D eigenvalue weighted by Crippen LogP contribution is 2.25. The summed E-state index contributed by atoms with van der Waals surface area (Å²) in [6.45, 7) is 1.97. The summed E-state index contributed by atoms with van der Waals surface area (Å²) in [7, 11) is 0. The van der Waals surface area contributed by atoms with E-state index in [1.54, 1.807) is 16.9 Å². The van der Waals surface area contributed by atoms with Crippen LogP contribution in [0.25, 0.3) is 0 Å². The second-order valence-corrected chi connectivity index (χ2v) is 4.63. The molecule has 3 N–H and O–H groups in total. The van der Waals surface area contributed by atoms with Crippen LogP contribution in [-0.4, -0.2) is 22.9 Å². The molecule has 5 heteroatoms. The van der Waals surface area contributed by atoms with Gasteiger partial charge in [-0.15, -0.1) is 0 Å². The first-order chi connectivity index (χ1) is 8.29. The van der Waals surface area contributed by atoms with Crippen LogP contribution in [0.5, 0.6) is 0 Å². The van der Waals surface area contributed by atoms with Crippen molar-refractivity contribution in [3.05, 3.63) is 22.6 Å². The third-order valence-electron chi connectivity index (χ3n) is 3.25. The lowest BCUT2D eigenvalue weighted by Crippen LogP contribution is -2.26. The molecular weight excluding hydrogens is 216 g/mol. The predicted molar refractivity (Wildman–Crippen MR) is 68.0 cm³/mol. The molecule has 0 unspecified atom stereocenters. The van der Waals surface area contributed by atoms with Gasteiger partial charge in [-0.1, -0.05) is 12.8 Å². The number of nitrogens with two attached hydrogens (primary N) is 1. The van der Waals surface area contributed by atoms with Gasteiger partial charge in [-0.25, -0.2) is 4.68 Å². The van der Waals surface area contributed by atoms with Crippen molar-refractivity contribution in [2.45, 2.75) is 32.2 Å². The summed E-state index contributed by atoms with van der Waals surface area (Å²) in [6.07, 6.45) is 6.72. The quantitative estimate of drug-likeness (QED) is 0.793. The van der Waals surface area contributed by atoms with Crippen LogP contribution >= 0.6 is 0 Å². The van der Waals surface area contributed by atoms with Gasteiger partial charge in [0.2, 0.25) is 0 Å². The number of nitrogens with zero attached hydrogens (tertiary/aromatic N) is 2. The first-order valence-corrected chi connectivity index (χ1v) is 6.30. The molecule has 0 spiro atoms. The van der Waals surface area contributed by atoms with Gasteiger partial charge in [-0.05, 0) is 18.8 Å². The Bertz CT molecular complexity index is 409. The number of aromatic nitrogens is 2. The zero-order valence-electron chi connectivity index (χ0n) is 10.1. The summed E-state index contributed by atoms with van der Waals surface area (Å²) < 4.78 is 1.57. The highest BCUT2D eigenvalue weighted by Gasteiger charge is 2.16. The normalized spacial score (nSPS) is 16.3. The lowest BCUT2D eigenvalue weighted by Gasteiger charge is -2.11. The Balaban J connectivity index is 2.00. The zero-order valence-corrected chi connectivity index (χ0v) is 10.1. The molecule has 0 aliphatic heterocycles. The van der Waals surface area contributed by atoms with Crippen LogP contribution in [0.1, 0.15) is 25.7 Å². The van der Waals surface area contributed by atoms with Crippen LogP contribution in [-0.2, 0) is 6.54 Å². The van der Waals surface area contributed by atoms with Crippen LogP contribution in [0.2, 0.25) is 0 Å². The van der Waals surface area contributed by atoms with E-state index in [0.29, 0.717) is 19.0 Å². The average Bonchev–Trinajstić information content (AvgIpc) is 2.82. The standard InChI is InChI=1S/C12H20N4O/c13-5-6-14-11-7-12(17)16(15-8-11)9-10-3-1-2-4-10/h7-8,10,14H,1-6,9,13H2. The Hall–Kier alpha value is -1.36. The predicted octanol–water partition coefficient (Wildman–Crippen LogP) is 0.804. The van der Waals surface area contributed by atoms with Gasteiger partial charge in [0.15, 0.2) is 0 Å². The van der Waals surface area contributed by atoms with Crippen molar-refractivity contribution in [3.63, 3.8) is 0 Å². The van der Waals surface area contributed by atoms with E-state index in [9.17, 15) is 4.79 Å². The Labute approximate surface area is 101 Å². The molecule has 0 saturated heterocycles. The van der Waals surface area contributed by atoms with Gasteiger partial charge in [-0.2, -0.15) is 5.10 Å². The maximum atomic E-state index is 11.8. The first kappa shape index (κ1) is 12.1. The summed E-state index contributed by atoms with van der Waals surface area (Å²) in [6, 6.07) is 1.59. The Kier molecular flexibility index (Phi) is 4.14. The minimum Gasteiger partial charge on any atom is -0.382 e. The van der Waals surface area contributed by atoms with E-state index < -0.39 is 0 Å². The molecule has 0 atom stereocenters. The molecular formula is C12H20N4O. The molecule has 1 aromatic heterocycles. The summed E-state index contributed by atoms with van der Waals surface area (Å²) in [5.74, 6) is 0.628. The molecule has 5 nitrogen and oxygen atoms in total. The van der Waals surface area contributed by atoms with Gasteiger partial charge >= 0.3 is 0 Å². The van der Waals surface area contributed by atoms with Crippen LogP contribution in [0, 0.1) is 5.92 Å². The van der Waals surface area contributed by atoms with E-state index in [0.717, 1.165) is 12.2 Å². The summed E-state index contributed by atoms with van der Waals surface area (Å²) in [5.41, 5.74) is 6.11. The molecule has 1 fully saturated rings. The second kappa shape index (κ2) is 5.82. The van der Waals surface area contributed by atoms with Gasteiger partial charge < -0.3 is 11.1 Å². The van der Waals surface area contributed by atoms with Crippen molar-refractivity contribution in [1.29, 1.82) is 0 Å². The van der Waals surface area contributed by atoms with Gasteiger partial charge in [-0.3, -0.25) is 4.79 Å². The molecule has 0 bridgehead atoms. The smallest absolute Gasteiger partial charge is 0.268 e. The molecule has 0 radical (unpaired) electrons. The minimum absolute atomic E-state index is 0.0288. The minimum atomic E-state index is -0.0288. The number of hydrogen-bond donors (Lipinski definition) is 2. The van der Waals surface area contributed by atoms with Crippen LogP contribution in [0.3, 0.4) is 0 Å². The largest absolute Gasteiger partial charge is 0.382 e. The Morgan fingerprint density at radius 2 is 2.24 bits per heavy atom. The summed E-state index contributed by atoms with van der Waals surface area (Å²) in [4.78, 5) is 11.8. The van der Waals surface area contributed by atoms with Crippen molar-refractivity contribution in [1.82, 2.24) is 9.78 Å². The fourth-order valence-corrected chi connectivity index (χ4v) is 2.32. The summed E-state index contributed by atoms with van der Waals surface area (Å²) in [5, 5.41) is 7.25. The topological polar surface area (TPSA) is 72.9 Å². The second-order valence-electron chi connectivity index (χ2n) is 4.63. The molecule has 1 saturated carbocycles. The van der Waals surface area contributed by atoms with Crippen molar-refractivity contribution >= 4 is 5.69 Å². The van der Waals surface area contributed by atoms with Crippen molar-refractivity contribution in [2.24, 2.45) is 11.7 Å². The number of anilines is 1. The molecule has 0 amide bonds. The maximum absolute atomic E-state index is 11.8. The average molecular weight is 236 g/mol. The SMILES string of the molecule is NCCNc1cnn(CC2CCCC2)c(=O)c1. The zero-order chi connectivity index (χ0) is 12.1. The van der Waals surface area contributed by atoms with E-state index in [1.807, 2.05) is 0 Å². The van der Waals surface area contributed by atoms with Crippen molar-refractivity contribution < 1.29 is 0 Å². The van der Waals surface area contributed by atoms with E-state index in [4.69, 9.17) is 5.73 Å². The number of rotatable bonds is 5. The van der Waals surface area contributed by atoms with E-state index >= 15 is 0 Å². The molecule has 94 valence electrons. The summed E-state index contributed by atoms with van der Waals surface area (Å²) >= 11 is 0. The Morgan fingerprint density at radius 3 is 2.88 bits per heavy atom. The van der Waals surface area contributed by atoms with Gasteiger partial charge in [0.05, 0.1) is 11.9 Å². The molecule has 1 heterocycles. The van der Waals surface area contributed by atoms with Crippen molar-refractivity contribution in [3.8, 4) is 0 Å². The lowest BCUT2D eigenvalue weighted by molar-refractivity contribution is 0.415. The Morgan fingerprint density at radius 1 is 1.47 bits per heavy atom. The highest BCUT2D eigenvalue weighted by molar-refractivity contribution is 5.38. The van der Waals surface area contributed by atoms with Gasteiger partial charge in [0.1, 0.15) is 0 Å². The highest BCUT2D eigenvalue weighted by atomic mass is 16.1. The monoisotopic (exact) mass is 236 g/mol. The first-order valence-electron chi connectivity index (χ1n) is 6.30. The third kappa shape index (κ3) is 3.30. The fourth-order valence-electron chi connectivity index (χ4n) is 2.32. The van der Waals surface area contributed by atoms with Crippen LogP contribution in [0.4, 0.5) is 5.69 Å². The molecule has 0 aromatic carbocycles. The molecule has 1 aliphatic rings. The van der Waals surface area contributed by atoms with E-state index in [-0.39, 0.29) is 5.56 Å². The molecule has 1 aliphatic carbocycles. The number of nitrogens with one attached hydrogen (secondary N) is 1. The van der Waals surface area contributed by atoms with Gasteiger partial charge in [0.25, 0.3) is 5.56 Å². The van der Waals surface area contributed by atoms with Crippen LogP contribution in [0.15, 0.2) is 17.1 Å². The number of hydrogen-bond acceptors (Lipinski definition) is 4. The third-order valence-corrected chi connectivity index (χ3v) is 3.25. The van der Waals surface area contributed by atoms with E-state index in [1.165, 1.54) is 25.7 Å². The van der Waals surface area contributed by atoms with Crippen LogP contribution < -0.4 is 16.6 Å².